The standard InChI is InChI=1S/C18H14O6/c1-7-3-9-10(4-8(7)2)16(20)12-6-14(18(23)24)13(17(21)22)5-11(12)15(9)19/h3-6,11-12H,1-2H3,(H,21,22)(H,23,24). The third-order valence-corrected chi connectivity index (χ3v) is 4.60. The van der Waals surface area contributed by atoms with Crippen molar-refractivity contribution in [2.24, 2.45) is 11.8 Å². The van der Waals surface area contributed by atoms with Crippen LogP contribution in [0.25, 0.3) is 0 Å². The number of hydrogen-bond donors (Lipinski definition) is 2. The molecule has 0 aliphatic heterocycles. The maximum atomic E-state index is 12.7. The molecule has 0 radical (unpaired) electrons. The minimum atomic E-state index is -1.44. The number of carbonyl (C=O) groups is 4. The van der Waals surface area contributed by atoms with Crippen LogP contribution in [0.4, 0.5) is 0 Å². The van der Waals surface area contributed by atoms with Crippen molar-refractivity contribution in [2.45, 2.75) is 13.8 Å². The van der Waals surface area contributed by atoms with Gasteiger partial charge in [0.2, 0.25) is 0 Å². The lowest BCUT2D eigenvalue weighted by molar-refractivity contribution is -0.136. The fourth-order valence-corrected chi connectivity index (χ4v) is 3.18. The number of Topliss-reactive ketones (excluding diaryl/α,β-unsaturated/α-hetero) is 2. The lowest BCUT2D eigenvalue weighted by Crippen LogP contribution is -2.38. The van der Waals surface area contributed by atoms with Crippen LogP contribution in [0.5, 0.6) is 0 Å². The molecule has 2 atom stereocenters. The number of aryl methyl sites for hydroxylation is 2. The minimum absolute atomic E-state index is 0.262. The molecular weight excluding hydrogens is 312 g/mol. The number of rotatable bonds is 2. The van der Waals surface area contributed by atoms with E-state index in [2.05, 4.69) is 0 Å². The van der Waals surface area contributed by atoms with E-state index in [1.54, 1.807) is 12.1 Å². The second kappa shape index (κ2) is 5.26. The van der Waals surface area contributed by atoms with Crippen LogP contribution in [0.15, 0.2) is 35.4 Å². The van der Waals surface area contributed by atoms with Crippen LogP contribution < -0.4 is 0 Å². The molecule has 0 heterocycles. The molecule has 1 aromatic carbocycles. The van der Waals surface area contributed by atoms with E-state index < -0.39 is 34.9 Å². The van der Waals surface area contributed by atoms with E-state index >= 15 is 0 Å². The van der Waals surface area contributed by atoms with Crippen molar-refractivity contribution in [3.63, 3.8) is 0 Å². The molecule has 2 unspecified atom stereocenters. The molecule has 2 N–H and O–H groups in total. The highest BCUT2D eigenvalue weighted by Crippen LogP contribution is 2.38. The molecule has 0 amide bonds. The van der Waals surface area contributed by atoms with Crippen molar-refractivity contribution in [1.29, 1.82) is 0 Å². The van der Waals surface area contributed by atoms with Crippen molar-refractivity contribution in [3.8, 4) is 0 Å². The van der Waals surface area contributed by atoms with Crippen LogP contribution in [0.1, 0.15) is 31.8 Å². The zero-order valence-electron chi connectivity index (χ0n) is 13.0. The summed E-state index contributed by atoms with van der Waals surface area (Å²) in [5, 5.41) is 18.4. The number of allylic oxidation sites excluding steroid dienone is 2. The van der Waals surface area contributed by atoms with Crippen LogP contribution in [0.3, 0.4) is 0 Å². The van der Waals surface area contributed by atoms with E-state index in [9.17, 15) is 29.4 Å². The molecule has 0 saturated heterocycles. The summed E-state index contributed by atoms with van der Waals surface area (Å²) < 4.78 is 0. The van der Waals surface area contributed by atoms with Gasteiger partial charge in [0, 0.05) is 11.1 Å². The van der Waals surface area contributed by atoms with E-state index in [0.29, 0.717) is 0 Å². The van der Waals surface area contributed by atoms with Gasteiger partial charge < -0.3 is 10.2 Å². The Balaban J connectivity index is 2.22. The van der Waals surface area contributed by atoms with Crippen molar-refractivity contribution >= 4 is 23.5 Å². The number of ketones is 2. The molecule has 0 spiro atoms. The molecule has 3 rings (SSSR count). The summed E-state index contributed by atoms with van der Waals surface area (Å²) in [6.07, 6.45) is 2.18. The number of hydrogen-bond acceptors (Lipinski definition) is 4. The second-order valence-corrected chi connectivity index (χ2v) is 6.03. The molecule has 0 bridgehead atoms. The summed E-state index contributed by atoms with van der Waals surface area (Å²) in [5.74, 6) is -5.57. The average molecular weight is 326 g/mol. The van der Waals surface area contributed by atoms with Gasteiger partial charge in [0.05, 0.1) is 23.0 Å². The molecule has 24 heavy (non-hydrogen) atoms. The number of fused-ring (bicyclic) bond motifs is 2. The van der Waals surface area contributed by atoms with Crippen molar-refractivity contribution in [3.05, 3.63) is 57.7 Å². The first-order chi connectivity index (χ1) is 11.2. The lowest BCUT2D eigenvalue weighted by atomic mass is 9.69. The van der Waals surface area contributed by atoms with Gasteiger partial charge in [-0.1, -0.05) is 12.2 Å². The van der Waals surface area contributed by atoms with Crippen LogP contribution >= 0.6 is 0 Å². The number of carbonyl (C=O) groups excluding carboxylic acids is 2. The molecule has 2 aliphatic carbocycles. The van der Waals surface area contributed by atoms with Gasteiger partial charge in [-0.25, -0.2) is 9.59 Å². The van der Waals surface area contributed by atoms with Gasteiger partial charge in [0.25, 0.3) is 0 Å². The molecule has 0 saturated carbocycles. The van der Waals surface area contributed by atoms with Gasteiger partial charge in [0.15, 0.2) is 11.6 Å². The van der Waals surface area contributed by atoms with E-state index in [4.69, 9.17) is 0 Å². The van der Waals surface area contributed by atoms with Crippen molar-refractivity contribution in [1.82, 2.24) is 0 Å². The fraction of sp³-hybridized carbons (Fsp3) is 0.222. The number of aliphatic carboxylic acids is 2. The predicted molar refractivity (Wildman–Crippen MR) is 83.0 cm³/mol. The topological polar surface area (TPSA) is 109 Å². The summed E-state index contributed by atoms with van der Waals surface area (Å²) in [4.78, 5) is 48.1. The van der Waals surface area contributed by atoms with Gasteiger partial charge >= 0.3 is 11.9 Å². The summed E-state index contributed by atoms with van der Waals surface area (Å²) in [5.41, 5.74) is 1.31. The average Bonchev–Trinajstić information content (AvgIpc) is 2.53. The highest BCUT2D eigenvalue weighted by Gasteiger charge is 2.43. The van der Waals surface area contributed by atoms with Crippen molar-refractivity contribution in [2.75, 3.05) is 0 Å². The zero-order chi connectivity index (χ0) is 17.8. The largest absolute Gasteiger partial charge is 0.478 e. The predicted octanol–water partition coefficient (Wildman–Crippen LogP) is 1.95. The summed E-state index contributed by atoms with van der Waals surface area (Å²) >= 11 is 0. The van der Waals surface area contributed by atoms with E-state index in [1.165, 1.54) is 0 Å². The first-order valence-electron chi connectivity index (χ1n) is 7.32. The molecular formula is C18H14O6. The van der Waals surface area contributed by atoms with Gasteiger partial charge in [-0.15, -0.1) is 0 Å². The molecule has 6 nitrogen and oxygen atoms in total. The maximum Gasteiger partial charge on any atom is 0.336 e. The highest BCUT2D eigenvalue weighted by molar-refractivity contribution is 6.19. The second-order valence-electron chi connectivity index (χ2n) is 6.03. The normalized spacial score (nSPS) is 22.2. The van der Waals surface area contributed by atoms with Crippen LogP contribution in [-0.2, 0) is 9.59 Å². The number of carboxylic acids is 2. The Labute approximate surface area is 137 Å². The quantitative estimate of drug-likeness (QED) is 0.860. The van der Waals surface area contributed by atoms with E-state index in [-0.39, 0.29) is 22.7 Å². The maximum absolute atomic E-state index is 12.7. The van der Waals surface area contributed by atoms with E-state index in [0.717, 1.165) is 23.3 Å². The third-order valence-electron chi connectivity index (χ3n) is 4.60. The molecule has 2 aliphatic rings. The Hall–Kier alpha value is -3.02. The molecule has 6 heteroatoms. The Morgan fingerprint density at radius 2 is 1.12 bits per heavy atom. The molecule has 0 fully saturated rings. The molecule has 1 aromatic rings. The number of carboxylic acid groups (broad SMARTS) is 2. The summed E-state index contributed by atoms with van der Waals surface area (Å²) in [7, 11) is 0. The van der Waals surface area contributed by atoms with E-state index in [1.807, 2.05) is 13.8 Å². The van der Waals surface area contributed by atoms with Gasteiger partial charge in [-0.3, -0.25) is 9.59 Å². The highest BCUT2D eigenvalue weighted by atomic mass is 16.4. The Bertz CT molecular complexity index is 814. The molecule has 122 valence electrons. The van der Waals surface area contributed by atoms with Crippen LogP contribution in [0, 0.1) is 25.7 Å². The Morgan fingerprint density at radius 1 is 0.792 bits per heavy atom. The Morgan fingerprint density at radius 3 is 1.42 bits per heavy atom. The SMILES string of the molecule is Cc1cc2c(cc1C)C(=O)C1C=C(C(=O)O)C(C(=O)O)=CC1C2=O. The monoisotopic (exact) mass is 326 g/mol. The Kier molecular flexibility index (Phi) is 3.48. The van der Waals surface area contributed by atoms with Crippen LogP contribution in [0.2, 0.25) is 0 Å². The van der Waals surface area contributed by atoms with Gasteiger partial charge in [-0.2, -0.15) is 0 Å². The zero-order valence-corrected chi connectivity index (χ0v) is 13.0. The first-order valence-corrected chi connectivity index (χ1v) is 7.32. The lowest BCUT2D eigenvalue weighted by Gasteiger charge is -2.31. The number of benzene rings is 1. The summed E-state index contributed by atoms with van der Waals surface area (Å²) in [6, 6.07) is 3.26. The fourth-order valence-electron chi connectivity index (χ4n) is 3.18. The summed E-state index contributed by atoms with van der Waals surface area (Å²) in [6.45, 7) is 3.64. The minimum Gasteiger partial charge on any atom is -0.478 e. The van der Waals surface area contributed by atoms with Gasteiger partial charge in [-0.05, 0) is 37.1 Å². The molecule has 0 aromatic heterocycles. The first kappa shape index (κ1) is 15.9. The smallest absolute Gasteiger partial charge is 0.336 e. The van der Waals surface area contributed by atoms with Crippen LogP contribution in [-0.4, -0.2) is 33.7 Å². The third kappa shape index (κ3) is 2.19. The van der Waals surface area contributed by atoms with Gasteiger partial charge in [0.1, 0.15) is 0 Å². The van der Waals surface area contributed by atoms with Crippen molar-refractivity contribution < 1.29 is 29.4 Å².